The summed E-state index contributed by atoms with van der Waals surface area (Å²) in [6.07, 6.45) is 0.0623. The van der Waals surface area contributed by atoms with Crippen molar-refractivity contribution in [2.45, 2.75) is 6.10 Å². The lowest BCUT2D eigenvalue weighted by Gasteiger charge is -2.10. The molecule has 4 N–H and O–H groups in total. The van der Waals surface area contributed by atoms with E-state index in [0.29, 0.717) is 0 Å². The highest BCUT2D eigenvalue weighted by atomic mass is 35.5. The summed E-state index contributed by atoms with van der Waals surface area (Å²) in [5.74, 6) is -0.624. The molecule has 1 aromatic heterocycles. The molecule has 0 fully saturated rings. The Hall–Kier alpha value is -1.84. The Morgan fingerprint density at radius 2 is 2.50 bits per heavy atom. The van der Waals surface area contributed by atoms with E-state index >= 15 is 0 Å². The van der Waals surface area contributed by atoms with E-state index in [-0.39, 0.29) is 22.9 Å². The zero-order valence-corrected chi connectivity index (χ0v) is 8.90. The standard InChI is InChI=1S/C9H9ClN4O2/c10-7-5(3-11)1-2-13-9(7)14-4-6(15)8(12)16/h1-2,6,15H,4H2,(H2,12,16)(H,13,14). The van der Waals surface area contributed by atoms with Crippen molar-refractivity contribution in [3.05, 3.63) is 22.8 Å². The number of pyridine rings is 1. The smallest absolute Gasteiger partial charge is 0.248 e. The molecule has 0 saturated heterocycles. The third kappa shape index (κ3) is 2.82. The highest BCUT2D eigenvalue weighted by Gasteiger charge is 2.12. The number of primary amides is 1. The molecule has 84 valence electrons. The van der Waals surface area contributed by atoms with Crippen LogP contribution in [-0.4, -0.2) is 28.6 Å². The van der Waals surface area contributed by atoms with Gasteiger partial charge in [-0.25, -0.2) is 4.98 Å². The van der Waals surface area contributed by atoms with Crippen LogP contribution in [0.2, 0.25) is 5.02 Å². The van der Waals surface area contributed by atoms with Crippen molar-refractivity contribution in [3.8, 4) is 6.07 Å². The fourth-order valence-corrected chi connectivity index (χ4v) is 1.17. The van der Waals surface area contributed by atoms with Crippen molar-refractivity contribution in [2.24, 2.45) is 5.73 Å². The average Bonchev–Trinajstić information content (AvgIpc) is 2.27. The van der Waals surface area contributed by atoms with E-state index in [9.17, 15) is 4.79 Å². The molecule has 1 heterocycles. The first-order chi connectivity index (χ1) is 7.56. The summed E-state index contributed by atoms with van der Waals surface area (Å²) >= 11 is 5.83. The minimum Gasteiger partial charge on any atom is -0.381 e. The number of nitriles is 1. The van der Waals surface area contributed by atoms with Crippen LogP contribution in [0.5, 0.6) is 0 Å². The minimum atomic E-state index is -1.33. The van der Waals surface area contributed by atoms with E-state index in [1.54, 1.807) is 0 Å². The molecule has 0 bridgehead atoms. The normalized spacial score (nSPS) is 11.6. The second-order valence-corrected chi connectivity index (χ2v) is 3.31. The van der Waals surface area contributed by atoms with Gasteiger partial charge in [-0.05, 0) is 6.07 Å². The predicted octanol–water partition coefficient (Wildman–Crippen LogP) is -0.135. The van der Waals surface area contributed by atoms with Crippen molar-refractivity contribution in [1.82, 2.24) is 4.98 Å². The summed E-state index contributed by atoms with van der Waals surface area (Å²) in [6, 6.07) is 3.34. The Kier molecular flexibility index (Phi) is 4.05. The number of halogens is 1. The number of aromatic nitrogens is 1. The number of carbonyl (C=O) groups is 1. The van der Waals surface area contributed by atoms with Gasteiger partial charge in [0.2, 0.25) is 5.91 Å². The molecule has 0 spiro atoms. The average molecular weight is 241 g/mol. The van der Waals surface area contributed by atoms with E-state index in [4.69, 9.17) is 27.7 Å². The molecule has 0 aliphatic heterocycles. The molecule has 1 unspecified atom stereocenters. The Morgan fingerprint density at radius 1 is 1.81 bits per heavy atom. The van der Waals surface area contributed by atoms with Gasteiger partial charge in [-0.3, -0.25) is 4.79 Å². The predicted molar refractivity (Wildman–Crippen MR) is 57.7 cm³/mol. The number of rotatable bonds is 4. The van der Waals surface area contributed by atoms with Crippen LogP contribution in [-0.2, 0) is 4.79 Å². The van der Waals surface area contributed by atoms with Crippen LogP contribution in [0.25, 0.3) is 0 Å². The van der Waals surface area contributed by atoms with E-state index in [1.165, 1.54) is 12.3 Å². The second kappa shape index (κ2) is 5.30. The highest BCUT2D eigenvalue weighted by molar-refractivity contribution is 6.34. The highest BCUT2D eigenvalue weighted by Crippen LogP contribution is 2.22. The van der Waals surface area contributed by atoms with Gasteiger partial charge in [-0.1, -0.05) is 11.6 Å². The number of anilines is 1. The summed E-state index contributed by atoms with van der Waals surface area (Å²) in [5, 5.41) is 20.6. The Bertz CT molecular complexity index is 444. The largest absolute Gasteiger partial charge is 0.381 e. The summed E-state index contributed by atoms with van der Waals surface area (Å²) in [5.41, 5.74) is 5.12. The first-order valence-corrected chi connectivity index (χ1v) is 4.70. The topological polar surface area (TPSA) is 112 Å². The maximum Gasteiger partial charge on any atom is 0.248 e. The van der Waals surface area contributed by atoms with Gasteiger partial charge in [0.1, 0.15) is 23.0 Å². The fraction of sp³-hybridized carbons (Fsp3) is 0.222. The summed E-state index contributed by atoms with van der Waals surface area (Å²) in [7, 11) is 0. The lowest BCUT2D eigenvalue weighted by Crippen LogP contribution is -2.34. The van der Waals surface area contributed by atoms with E-state index < -0.39 is 12.0 Å². The second-order valence-electron chi connectivity index (χ2n) is 2.93. The van der Waals surface area contributed by atoms with Crippen molar-refractivity contribution in [1.29, 1.82) is 5.26 Å². The Morgan fingerprint density at radius 3 is 3.06 bits per heavy atom. The molecule has 1 rings (SSSR count). The van der Waals surface area contributed by atoms with Gasteiger partial charge in [0.15, 0.2) is 0 Å². The molecular formula is C9H9ClN4O2. The van der Waals surface area contributed by atoms with Crippen LogP contribution in [0.15, 0.2) is 12.3 Å². The molecule has 0 aromatic carbocycles. The van der Waals surface area contributed by atoms with Crippen LogP contribution in [0.3, 0.4) is 0 Å². The van der Waals surface area contributed by atoms with E-state index in [1.807, 2.05) is 6.07 Å². The van der Waals surface area contributed by atoms with Crippen molar-refractivity contribution in [2.75, 3.05) is 11.9 Å². The number of carbonyl (C=O) groups excluding carboxylic acids is 1. The molecule has 0 aliphatic rings. The number of hydrogen-bond acceptors (Lipinski definition) is 5. The molecule has 16 heavy (non-hydrogen) atoms. The lowest BCUT2D eigenvalue weighted by molar-refractivity contribution is -0.125. The Balaban J connectivity index is 2.76. The van der Waals surface area contributed by atoms with Crippen molar-refractivity contribution >= 4 is 23.3 Å². The van der Waals surface area contributed by atoms with Gasteiger partial charge in [0, 0.05) is 6.20 Å². The van der Waals surface area contributed by atoms with Gasteiger partial charge >= 0.3 is 0 Å². The number of amides is 1. The molecule has 1 amide bonds. The molecule has 0 aliphatic carbocycles. The van der Waals surface area contributed by atoms with Gasteiger partial charge in [0.25, 0.3) is 0 Å². The van der Waals surface area contributed by atoms with E-state index in [2.05, 4.69) is 10.3 Å². The molecule has 0 radical (unpaired) electrons. The number of nitrogens with two attached hydrogens (primary N) is 1. The van der Waals surface area contributed by atoms with Gasteiger partial charge < -0.3 is 16.2 Å². The Labute approximate surface area is 96.7 Å². The summed E-state index contributed by atoms with van der Waals surface area (Å²) in [6.45, 7) is -0.114. The fourth-order valence-electron chi connectivity index (χ4n) is 0.947. The SMILES string of the molecule is N#Cc1ccnc(NCC(O)C(N)=O)c1Cl. The molecular weight excluding hydrogens is 232 g/mol. The van der Waals surface area contributed by atoms with Gasteiger partial charge in [-0.2, -0.15) is 5.26 Å². The number of nitrogens with one attached hydrogen (secondary N) is 1. The van der Waals surface area contributed by atoms with Crippen molar-refractivity contribution in [3.63, 3.8) is 0 Å². The van der Waals surface area contributed by atoms with Crippen LogP contribution >= 0.6 is 11.6 Å². The third-order valence-corrected chi connectivity index (χ3v) is 2.18. The van der Waals surface area contributed by atoms with Gasteiger partial charge in [-0.15, -0.1) is 0 Å². The molecule has 6 nitrogen and oxygen atoms in total. The van der Waals surface area contributed by atoms with Crippen molar-refractivity contribution < 1.29 is 9.90 Å². The first kappa shape index (κ1) is 12.2. The number of hydrogen-bond donors (Lipinski definition) is 3. The van der Waals surface area contributed by atoms with Crippen LogP contribution in [0.4, 0.5) is 5.82 Å². The monoisotopic (exact) mass is 240 g/mol. The van der Waals surface area contributed by atoms with E-state index in [0.717, 1.165) is 0 Å². The van der Waals surface area contributed by atoms with Crippen LogP contribution in [0, 0.1) is 11.3 Å². The quantitative estimate of drug-likeness (QED) is 0.678. The lowest BCUT2D eigenvalue weighted by atomic mass is 10.3. The van der Waals surface area contributed by atoms with Gasteiger partial charge in [0.05, 0.1) is 12.1 Å². The number of aliphatic hydroxyl groups is 1. The number of nitrogens with zero attached hydrogens (tertiary/aromatic N) is 2. The summed E-state index contributed by atoms with van der Waals surface area (Å²) < 4.78 is 0. The maximum absolute atomic E-state index is 10.6. The molecule has 7 heteroatoms. The zero-order chi connectivity index (χ0) is 12.1. The first-order valence-electron chi connectivity index (χ1n) is 4.32. The molecule has 1 aromatic rings. The van der Waals surface area contributed by atoms with Crippen LogP contribution < -0.4 is 11.1 Å². The maximum atomic E-state index is 10.6. The number of aliphatic hydroxyl groups excluding tert-OH is 1. The van der Waals surface area contributed by atoms with Crippen LogP contribution in [0.1, 0.15) is 5.56 Å². The zero-order valence-electron chi connectivity index (χ0n) is 8.14. The molecule has 1 atom stereocenters. The minimum absolute atomic E-state index is 0.114. The third-order valence-electron chi connectivity index (χ3n) is 1.80. The summed E-state index contributed by atoms with van der Waals surface area (Å²) in [4.78, 5) is 14.4. The molecule has 0 saturated carbocycles.